The molecule has 140 valence electrons. The number of nitrogens with one attached hydrogen (secondary N) is 1. The van der Waals surface area contributed by atoms with E-state index in [9.17, 15) is 9.18 Å². The van der Waals surface area contributed by atoms with Gasteiger partial charge in [0.15, 0.2) is 0 Å². The van der Waals surface area contributed by atoms with E-state index in [0.717, 1.165) is 11.1 Å². The molecule has 0 spiro atoms. The molecule has 1 heterocycles. The smallest absolute Gasteiger partial charge is 0.226 e. The number of carbonyl (C=O) groups excluding carboxylic acids is 1. The lowest BCUT2D eigenvalue weighted by Crippen LogP contribution is -2.33. The zero-order valence-corrected chi connectivity index (χ0v) is 15.7. The van der Waals surface area contributed by atoms with E-state index in [2.05, 4.69) is 10.3 Å². The van der Waals surface area contributed by atoms with Crippen molar-refractivity contribution >= 4 is 5.91 Å². The first-order chi connectivity index (χ1) is 12.9. The molecular weight excluding hydrogens is 343 g/mol. The molecule has 0 bridgehead atoms. The number of amides is 1. The summed E-state index contributed by atoms with van der Waals surface area (Å²) in [6.07, 6.45) is 0.132. The second kappa shape index (κ2) is 8.16. The number of carbonyl (C=O) groups is 1. The fourth-order valence-corrected chi connectivity index (χ4v) is 2.98. The van der Waals surface area contributed by atoms with E-state index in [-0.39, 0.29) is 30.1 Å². The van der Waals surface area contributed by atoms with Crippen LogP contribution in [0, 0.1) is 18.7 Å². The third-order valence-electron chi connectivity index (χ3n) is 4.45. The van der Waals surface area contributed by atoms with Crippen molar-refractivity contribution in [2.45, 2.75) is 33.2 Å². The maximum absolute atomic E-state index is 13.2. The lowest BCUT2D eigenvalue weighted by Gasteiger charge is -2.23. The highest BCUT2D eigenvalue weighted by atomic mass is 19.1. The first-order valence-corrected chi connectivity index (χ1v) is 9.00. The van der Waals surface area contributed by atoms with E-state index in [4.69, 9.17) is 4.42 Å². The highest BCUT2D eigenvalue weighted by molar-refractivity contribution is 5.79. The van der Waals surface area contributed by atoms with Gasteiger partial charge in [0.1, 0.15) is 11.6 Å². The molecule has 1 atom stereocenters. The zero-order chi connectivity index (χ0) is 19.4. The highest BCUT2D eigenvalue weighted by Crippen LogP contribution is 2.24. The zero-order valence-electron chi connectivity index (χ0n) is 15.7. The van der Waals surface area contributed by atoms with Gasteiger partial charge in [-0.25, -0.2) is 9.37 Å². The third kappa shape index (κ3) is 4.61. The Kier molecular flexibility index (Phi) is 5.69. The van der Waals surface area contributed by atoms with Gasteiger partial charge in [0.2, 0.25) is 11.8 Å². The molecule has 1 N–H and O–H groups in total. The topological polar surface area (TPSA) is 55.1 Å². The molecule has 4 nitrogen and oxygen atoms in total. The molecule has 0 fully saturated rings. The molecule has 0 radical (unpaired) electrons. The van der Waals surface area contributed by atoms with Crippen molar-refractivity contribution in [1.29, 1.82) is 0 Å². The van der Waals surface area contributed by atoms with Crippen molar-refractivity contribution in [1.82, 2.24) is 10.3 Å². The molecule has 0 saturated heterocycles. The highest BCUT2D eigenvalue weighted by Gasteiger charge is 2.21. The van der Waals surface area contributed by atoms with E-state index in [1.165, 1.54) is 12.1 Å². The summed E-state index contributed by atoms with van der Waals surface area (Å²) in [5.74, 6) is 0.868. The number of hydrogen-bond donors (Lipinski definition) is 1. The van der Waals surface area contributed by atoms with Crippen molar-refractivity contribution in [3.8, 4) is 11.5 Å². The predicted octanol–water partition coefficient (Wildman–Crippen LogP) is 4.85. The van der Waals surface area contributed by atoms with Gasteiger partial charge in [-0.2, -0.15) is 0 Å². The minimum atomic E-state index is -0.292. The molecule has 0 aliphatic rings. The second-order valence-corrected chi connectivity index (χ2v) is 6.91. The van der Waals surface area contributed by atoms with Crippen molar-refractivity contribution in [3.05, 3.63) is 77.4 Å². The summed E-state index contributed by atoms with van der Waals surface area (Å²) in [6, 6.07) is 15.6. The molecule has 2 aromatic carbocycles. The Morgan fingerprint density at radius 3 is 2.41 bits per heavy atom. The van der Waals surface area contributed by atoms with Gasteiger partial charge in [-0.1, -0.05) is 44.2 Å². The van der Waals surface area contributed by atoms with Crippen molar-refractivity contribution in [2.24, 2.45) is 5.92 Å². The van der Waals surface area contributed by atoms with Crippen LogP contribution in [0.3, 0.4) is 0 Å². The summed E-state index contributed by atoms with van der Waals surface area (Å²) in [4.78, 5) is 17.1. The molecule has 27 heavy (non-hydrogen) atoms. The van der Waals surface area contributed by atoms with E-state index < -0.39 is 0 Å². The SMILES string of the molecule is Cc1oc(-c2ccccc2)nc1CC(=O)NC(c1ccc(F)cc1)C(C)C. The van der Waals surface area contributed by atoms with Crippen LogP contribution >= 0.6 is 0 Å². The Hall–Kier alpha value is -2.95. The lowest BCUT2D eigenvalue weighted by atomic mass is 9.96. The monoisotopic (exact) mass is 366 g/mol. The van der Waals surface area contributed by atoms with E-state index >= 15 is 0 Å². The summed E-state index contributed by atoms with van der Waals surface area (Å²) < 4.78 is 18.9. The van der Waals surface area contributed by atoms with Crippen LogP contribution in [0.5, 0.6) is 0 Å². The minimum Gasteiger partial charge on any atom is -0.441 e. The molecule has 0 saturated carbocycles. The van der Waals surface area contributed by atoms with Crippen LogP contribution in [-0.4, -0.2) is 10.9 Å². The van der Waals surface area contributed by atoms with Gasteiger partial charge in [-0.3, -0.25) is 4.79 Å². The Labute approximate surface area is 158 Å². The molecule has 3 rings (SSSR count). The van der Waals surface area contributed by atoms with Gasteiger partial charge in [-0.15, -0.1) is 0 Å². The van der Waals surface area contributed by atoms with Gasteiger partial charge in [0, 0.05) is 5.56 Å². The molecule has 1 unspecified atom stereocenters. The number of aryl methyl sites for hydroxylation is 1. The fraction of sp³-hybridized carbons (Fsp3) is 0.273. The molecule has 0 aliphatic heterocycles. The quantitative estimate of drug-likeness (QED) is 0.679. The van der Waals surface area contributed by atoms with Crippen LogP contribution in [0.15, 0.2) is 59.0 Å². The predicted molar refractivity (Wildman–Crippen MR) is 103 cm³/mol. The molecular formula is C22H23FN2O2. The van der Waals surface area contributed by atoms with Crippen molar-refractivity contribution < 1.29 is 13.6 Å². The number of nitrogens with zero attached hydrogens (tertiary/aromatic N) is 1. The van der Waals surface area contributed by atoms with Gasteiger partial charge < -0.3 is 9.73 Å². The van der Waals surface area contributed by atoms with Gasteiger partial charge in [0.05, 0.1) is 18.2 Å². The summed E-state index contributed by atoms with van der Waals surface area (Å²) in [6.45, 7) is 5.84. The lowest BCUT2D eigenvalue weighted by molar-refractivity contribution is -0.121. The van der Waals surface area contributed by atoms with Crippen LogP contribution in [0.1, 0.15) is 36.9 Å². The first-order valence-electron chi connectivity index (χ1n) is 9.00. The molecule has 0 aliphatic carbocycles. The van der Waals surface area contributed by atoms with Crippen LogP contribution in [0.4, 0.5) is 4.39 Å². The average Bonchev–Trinajstić information content (AvgIpc) is 3.01. The number of oxazole rings is 1. The summed E-state index contributed by atoms with van der Waals surface area (Å²) in [7, 11) is 0. The van der Waals surface area contributed by atoms with Crippen LogP contribution in [0.25, 0.3) is 11.5 Å². The first kappa shape index (κ1) is 18.8. The third-order valence-corrected chi connectivity index (χ3v) is 4.45. The summed E-state index contributed by atoms with van der Waals surface area (Å²) in [5.41, 5.74) is 2.37. The van der Waals surface area contributed by atoms with Crippen molar-refractivity contribution in [3.63, 3.8) is 0 Å². The normalized spacial score (nSPS) is 12.2. The molecule has 3 aromatic rings. The Morgan fingerprint density at radius 2 is 1.78 bits per heavy atom. The summed E-state index contributed by atoms with van der Waals surface area (Å²) in [5, 5.41) is 3.03. The van der Waals surface area contributed by atoms with Crippen LogP contribution in [0.2, 0.25) is 0 Å². The van der Waals surface area contributed by atoms with E-state index in [0.29, 0.717) is 17.3 Å². The minimum absolute atomic E-state index is 0.132. The number of rotatable bonds is 6. The number of aromatic nitrogens is 1. The van der Waals surface area contributed by atoms with E-state index in [1.54, 1.807) is 12.1 Å². The summed E-state index contributed by atoms with van der Waals surface area (Å²) >= 11 is 0. The standard InChI is InChI=1S/C22H23FN2O2/c1-14(2)21(16-9-11-18(23)12-10-16)25-20(26)13-19-15(3)27-22(24-19)17-7-5-4-6-8-17/h4-12,14,21H,13H2,1-3H3,(H,25,26). The van der Waals surface area contributed by atoms with Crippen LogP contribution in [-0.2, 0) is 11.2 Å². The second-order valence-electron chi connectivity index (χ2n) is 6.91. The molecule has 1 amide bonds. The maximum atomic E-state index is 13.2. The molecule has 1 aromatic heterocycles. The maximum Gasteiger partial charge on any atom is 0.226 e. The van der Waals surface area contributed by atoms with E-state index in [1.807, 2.05) is 51.1 Å². The average molecular weight is 366 g/mol. The number of halogens is 1. The van der Waals surface area contributed by atoms with Gasteiger partial charge in [-0.05, 0) is 42.7 Å². The van der Waals surface area contributed by atoms with Crippen LogP contribution < -0.4 is 5.32 Å². The Morgan fingerprint density at radius 1 is 1.11 bits per heavy atom. The Bertz CT molecular complexity index is 902. The van der Waals surface area contributed by atoms with Crippen molar-refractivity contribution in [2.75, 3.05) is 0 Å². The Balaban J connectivity index is 1.73. The largest absolute Gasteiger partial charge is 0.441 e. The van der Waals surface area contributed by atoms with Gasteiger partial charge in [0.25, 0.3) is 0 Å². The molecule has 5 heteroatoms. The fourth-order valence-electron chi connectivity index (χ4n) is 2.98. The van der Waals surface area contributed by atoms with Gasteiger partial charge >= 0.3 is 0 Å². The number of benzene rings is 2. The number of hydrogen-bond acceptors (Lipinski definition) is 3.